The van der Waals surface area contributed by atoms with Crippen molar-refractivity contribution in [1.29, 1.82) is 0 Å². The van der Waals surface area contributed by atoms with Crippen LogP contribution in [-0.4, -0.2) is 77.5 Å². The Hall–Kier alpha value is -2.41. The Morgan fingerprint density at radius 1 is 1.35 bits per heavy atom. The van der Waals surface area contributed by atoms with Crippen molar-refractivity contribution in [2.45, 2.75) is 24.4 Å². The summed E-state index contributed by atoms with van der Waals surface area (Å²) in [6.45, 7) is 1.19. The zero-order chi connectivity index (χ0) is 22.6. The Labute approximate surface area is 186 Å². The molecule has 3 heterocycles. The second-order valence-electron chi connectivity index (χ2n) is 6.76. The van der Waals surface area contributed by atoms with E-state index >= 15 is 0 Å². The number of thiophene rings is 1. The standard InChI is InChI=1S/C19H22N2O8S2/c1-11(22)28-9-12-10-31-18-19(29-6-5-27-2,17(26)21(18)15(12)16(24)25)20-14(23)8-13-4-3-7-30-13/h3-4,7,18H,5-6,8-10H2,1-2H3,(H,20,23)(H,24,25)/t18-,19+/m1/s1. The van der Waals surface area contributed by atoms with E-state index in [1.54, 1.807) is 6.07 Å². The average Bonchev–Trinajstić information content (AvgIpc) is 3.23. The summed E-state index contributed by atoms with van der Waals surface area (Å²) in [4.78, 5) is 50.8. The van der Waals surface area contributed by atoms with Gasteiger partial charge < -0.3 is 24.6 Å². The van der Waals surface area contributed by atoms with Crippen molar-refractivity contribution in [3.05, 3.63) is 33.7 Å². The summed E-state index contributed by atoms with van der Waals surface area (Å²) in [5, 5.41) is 13.4. The second kappa shape index (κ2) is 9.81. The van der Waals surface area contributed by atoms with Gasteiger partial charge in [-0.25, -0.2) is 4.79 Å². The van der Waals surface area contributed by atoms with Gasteiger partial charge in [0.2, 0.25) is 5.91 Å². The van der Waals surface area contributed by atoms with Gasteiger partial charge in [-0.15, -0.1) is 23.1 Å². The molecule has 0 unspecified atom stereocenters. The van der Waals surface area contributed by atoms with Crippen LogP contribution in [0.1, 0.15) is 11.8 Å². The second-order valence-corrected chi connectivity index (χ2v) is 8.86. The first-order chi connectivity index (χ1) is 14.8. The van der Waals surface area contributed by atoms with Crippen molar-refractivity contribution in [1.82, 2.24) is 10.2 Å². The minimum Gasteiger partial charge on any atom is -0.477 e. The Balaban J connectivity index is 1.85. The Morgan fingerprint density at radius 2 is 2.13 bits per heavy atom. The van der Waals surface area contributed by atoms with Crippen LogP contribution in [-0.2, 0) is 39.8 Å². The number of amides is 2. The largest absolute Gasteiger partial charge is 0.477 e. The van der Waals surface area contributed by atoms with Crippen LogP contribution in [0.4, 0.5) is 0 Å². The predicted octanol–water partition coefficient (Wildman–Crippen LogP) is 0.583. The molecular formula is C19H22N2O8S2. The van der Waals surface area contributed by atoms with Gasteiger partial charge in [-0.3, -0.25) is 19.3 Å². The van der Waals surface area contributed by atoms with Crippen molar-refractivity contribution in [3.63, 3.8) is 0 Å². The minimum atomic E-state index is -1.70. The first kappa shape index (κ1) is 23.3. The first-order valence-electron chi connectivity index (χ1n) is 9.30. The van der Waals surface area contributed by atoms with E-state index in [4.69, 9.17) is 14.2 Å². The molecule has 0 radical (unpaired) electrons. The number of carboxylic acids is 1. The molecule has 0 saturated carbocycles. The number of β-lactam (4-membered cyclic amide) rings is 1. The Bertz CT molecular complexity index is 901. The van der Waals surface area contributed by atoms with E-state index < -0.39 is 34.9 Å². The van der Waals surface area contributed by atoms with Gasteiger partial charge in [0.05, 0.1) is 19.6 Å². The molecule has 1 saturated heterocycles. The molecule has 3 rings (SSSR count). The van der Waals surface area contributed by atoms with Gasteiger partial charge in [0.1, 0.15) is 17.7 Å². The fourth-order valence-electron chi connectivity index (χ4n) is 3.28. The minimum absolute atomic E-state index is 0.0266. The number of rotatable bonds is 10. The van der Waals surface area contributed by atoms with E-state index in [0.29, 0.717) is 5.57 Å². The lowest BCUT2D eigenvalue weighted by atomic mass is 9.97. The van der Waals surface area contributed by atoms with Gasteiger partial charge >= 0.3 is 11.9 Å². The fourth-order valence-corrected chi connectivity index (χ4v) is 5.38. The molecule has 10 nitrogen and oxygen atoms in total. The van der Waals surface area contributed by atoms with Gasteiger partial charge in [-0.05, 0) is 11.4 Å². The van der Waals surface area contributed by atoms with Crippen LogP contribution in [0.2, 0.25) is 0 Å². The molecule has 2 aliphatic heterocycles. The quantitative estimate of drug-likeness (QED) is 0.218. The number of carbonyl (C=O) groups is 4. The molecule has 2 aliphatic rings. The summed E-state index contributed by atoms with van der Waals surface area (Å²) in [5.41, 5.74) is -1.66. The third kappa shape index (κ3) is 4.76. The molecule has 1 aromatic heterocycles. The van der Waals surface area contributed by atoms with Crippen LogP contribution in [0.3, 0.4) is 0 Å². The Morgan fingerprint density at radius 3 is 2.74 bits per heavy atom. The third-order valence-electron chi connectivity index (χ3n) is 4.62. The van der Waals surface area contributed by atoms with E-state index in [9.17, 15) is 24.3 Å². The van der Waals surface area contributed by atoms with E-state index in [1.807, 2.05) is 11.4 Å². The summed E-state index contributed by atoms with van der Waals surface area (Å²) in [6, 6.07) is 3.62. The lowest BCUT2D eigenvalue weighted by Crippen LogP contribution is -2.81. The molecule has 2 atom stereocenters. The molecule has 0 aliphatic carbocycles. The van der Waals surface area contributed by atoms with Gasteiger partial charge in [0, 0.05) is 30.2 Å². The zero-order valence-electron chi connectivity index (χ0n) is 16.9. The molecule has 168 valence electrons. The Kier molecular flexibility index (Phi) is 7.36. The van der Waals surface area contributed by atoms with Gasteiger partial charge in [-0.2, -0.15) is 0 Å². The molecule has 0 bridgehead atoms. The number of hydrogen-bond acceptors (Lipinski definition) is 9. The number of esters is 1. The maximum absolute atomic E-state index is 13.2. The summed E-state index contributed by atoms with van der Waals surface area (Å²) in [5.74, 6) is -2.80. The van der Waals surface area contributed by atoms with Crippen LogP contribution in [0.25, 0.3) is 0 Å². The molecule has 1 fully saturated rings. The van der Waals surface area contributed by atoms with Gasteiger partial charge in [0.25, 0.3) is 11.6 Å². The highest BCUT2D eigenvalue weighted by Gasteiger charge is 2.67. The van der Waals surface area contributed by atoms with Crippen molar-refractivity contribution in [3.8, 4) is 0 Å². The maximum atomic E-state index is 13.2. The molecule has 1 aromatic rings. The number of hydrogen-bond donors (Lipinski definition) is 2. The smallest absolute Gasteiger partial charge is 0.352 e. The first-order valence-corrected chi connectivity index (χ1v) is 11.2. The van der Waals surface area contributed by atoms with Crippen LogP contribution in [0.15, 0.2) is 28.8 Å². The highest BCUT2D eigenvalue weighted by molar-refractivity contribution is 8.00. The topological polar surface area (TPSA) is 131 Å². The lowest BCUT2D eigenvalue weighted by molar-refractivity contribution is -0.200. The number of nitrogens with one attached hydrogen (secondary N) is 1. The van der Waals surface area contributed by atoms with E-state index in [2.05, 4.69) is 5.32 Å². The monoisotopic (exact) mass is 470 g/mol. The SMILES string of the molecule is COCCO[C@@]1(NC(=O)Cc2cccs2)C(=O)N2C(C(=O)O)=C(COC(C)=O)CS[C@@H]21. The maximum Gasteiger partial charge on any atom is 0.352 e. The summed E-state index contributed by atoms with van der Waals surface area (Å²) >= 11 is 2.64. The number of fused-ring (bicyclic) bond motifs is 1. The van der Waals surface area contributed by atoms with Crippen molar-refractivity contribution < 1.29 is 38.5 Å². The molecule has 12 heteroatoms. The van der Waals surface area contributed by atoms with Crippen molar-refractivity contribution in [2.75, 3.05) is 32.7 Å². The molecule has 0 spiro atoms. The molecule has 31 heavy (non-hydrogen) atoms. The van der Waals surface area contributed by atoms with E-state index in [1.165, 1.54) is 37.1 Å². The van der Waals surface area contributed by atoms with E-state index in [-0.39, 0.29) is 37.7 Å². The van der Waals surface area contributed by atoms with Crippen molar-refractivity contribution in [2.24, 2.45) is 0 Å². The zero-order valence-corrected chi connectivity index (χ0v) is 18.5. The molecule has 0 aromatic carbocycles. The van der Waals surface area contributed by atoms with Crippen LogP contribution in [0, 0.1) is 0 Å². The molecule has 2 amide bonds. The highest BCUT2D eigenvalue weighted by Crippen LogP contribution is 2.47. The number of carboxylic acid groups (broad SMARTS) is 1. The fraction of sp³-hybridized carbons (Fsp3) is 0.474. The van der Waals surface area contributed by atoms with Crippen LogP contribution >= 0.6 is 23.1 Å². The van der Waals surface area contributed by atoms with Crippen LogP contribution in [0.5, 0.6) is 0 Å². The normalized spacial score (nSPS) is 22.6. The number of thioether (sulfide) groups is 1. The summed E-state index contributed by atoms with van der Waals surface area (Å²) in [7, 11) is 1.47. The summed E-state index contributed by atoms with van der Waals surface area (Å²) in [6.07, 6.45) is 0.0665. The number of methoxy groups -OCH3 is 1. The van der Waals surface area contributed by atoms with Gasteiger partial charge in [-0.1, -0.05) is 6.07 Å². The molecule has 2 N–H and O–H groups in total. The lowest BCUT2D eigenvalue weighted by Gasteiger charge is -2.56. The predicted molar refractivity (Wildman–Crippen MR) is 111 cm³/mol. The van der Waals surface area contributed by atoms with Crippen molar-refractivity contribution >= 4 is 46.9 Å². The number of carbonyl (C=O) groups excluding carboxylic acids is 3. The van der Waals surface area contributed by atoms with E-state index in [0.717, 1.165) is 9.78 Å². The average molecular weight is 471 g/mol. The summed E-state index contributed by atoms with van der Waals surface area (Å²) < 4.78 is 15.7. The third-order valence-corrected chi connectivity index (χ3v) is 6.87. The highest BCUT2D eigenvalue weighted by atomic mass is 32.2. The number of aliphatic carboxylic acids is 1. The number of nitrogens with zero attached hydrogens (tertiary/aromatic N) is 1. The van der Waals surface area contributed by atoms with Gasteiger partial charge in [0.15, 0.2) is 0 Å². The number of ether oxygens (including phenoxy) is 3. The molecular weight excluding hydrogens is 448 g/mol. The van der Waals surface area contributed by atoms with Crippen LogP contribution < -0.4 is 5.32 Å².